The van der Waals surface area contributed by atoms with E-state index in [1.807, 2.05) is 6.07 Å². The van der Waals surface area contributed by atoms with Crippen molar-refractivity contribution in [2.24, 2.45) is 5.92 Å². The lowest BCUT2D eigenvalue weighted by molar-refractivity contribution is -0.138. The number of phenols is 1. The molecule has 4 nitrogen and oxygen atoms in total. The van der Waals surface area contributed by atoms with Gasteiger partial charge in [0, 0.05) is 19.5 Å². The number of hydrogen-bond donors (Lipinski definition) is 2. The maximum atomic E-state index is 10.6. The van der Waals surface area contributed by atoms with E-state index in [0.717, 1.165) is 31.6 Å². The van der Waals surface area contributed by atoms with E-state index in [0.29, 0.717) is 5.02 Å². The van der Waals surface area contributed by atoms with Crippen LogP contribution in [0.15, 0.2) is 18.2 Å². The molecule has 5 heteroatoms. The average molecular weight is 270 g/mol. The molecule has 1 heterocycles. The first-order valence-electron chi connectivity index (χ1n) is 5.96. The molecule has 2 N–H and O–H groups in total. The maximum absolute atomic E-state index is 10.6. The average Bonchev–Trinajstić information content (AvgIpc) is 2.70. The standard InChI is InChI=1S/C13H16ClNO3/c14-11-5-9(1-2-12(11)16)7-15-4-3-10(8-15)6-13(17)18/h1-2,5,10,16H,3-4,6-8H2,(H,17,18). The highest BCUT2D eigenvalue weighted by Gasteiger charge is 2.24. The molecule has 1 fully saturated rings. The summed E-state index contributed by atoms with van der Waals surface area (Å²) in [4.78, 5) is 12.9. The van der Waals surface area contributed by atoms with Gasteiger partial charge in [-0.25, -0.2) is 0 Å². The van der Waals surface area contributed by atoms with Gasteiger partial charge < -0.3 is 10.2 Å². The van der Waals surface area contributed by atoms with Gasteiger partial charge in [-0.15, -0.1) is 0 Å². The Balaban J connectivity index is 1.91. The fourth-order valence-corrected chi connectivity index (χ4v) is 2.58. The molecule has 98 valence electrons. The molecule has 0 bridgehead atoms. The monoisotopic (exact) mass is 269 g/mol. The molecule has 1 aliphatic rings. The van der Waals surface area contributed by atoms with E-state index < -0.39 is 5.97 Å². The molecule has 0 aliphatic carbocycles. The third-order valence-electron chi connectivity index (χ3n) is 3.25. The number of carboxylic acid groups (broad SMARTS) is 1. The lowest BCUT2D eigenvalue weighted by Crippen LogP contribution is -2.20. The summed E-state index contributed by atoms with van der Waals surface area (Å²) in [7, 11) is 0. The Bertz CT molecular complexity index is 450. The quantitative estimate of drug-likeness (QED) is 0.881. The third-order valence-corrected chi connectivity index (χ3v) is 3.55. The zero-order valence-electron chi connectivity index (χ0n) is 9.97. The van der Waals surface area contributed by atoms with Gasteiger partial charge in [0.2, 0.25) is 0 Å². The Morgan fingerprint density at radius 2 is 2.28 bits per heavy atom. The second-order valence-electron chi connectivity index (χ2n) is 4.77. The number of benzene rings is 1. The van der Waals surface area contributed by atoms with E-state index in [2.05, 4.69) is 4.90 Å². The number of carbonyl (C=O) groups is 1. The number of carboxylic acids is 1. The lowest BCUT2D eigenvalue weighted by Gasteiger charge is -2.16. The zero-order chi connectivity index (χ0) is 13.1. The fourth-order valence-electron chi connectivity index (χ4n) is 2.38. The van der Waals surface area contributed by atoms with Crippen molar-refractivity contribution in [2.75, 3.05) is 13.1 Å². The highest BCUT2D eigenvalue weighted by Crippen LogP contribution is 2.26. The van der Waals surface area contributed by atoms with Crippen molar-refractivity contribution in [3.63, 3.8) is 0 Å². The van der Waals surface area contributed by atoms with E-state index >= 15 is 0 Å². The number of halogens is 1. The summed E-state index contributed by atoms with van der Waals surface area (Å²) in [6.07, 6.45) is 1.17. The van der Waals surface area contributed by atoms with Crippen LogP contribution >= 0.6 is 11.6 Å². The largest absolute Gasteiger partial charge is 0.506 e. The molecule has 2 rings (SSSR count). The van der Waals surface area contributed by atoms with Gasteiger partial charge in [0.25, 0.3) is 0 Å². The smallest absolute Gasteiger partial charge is 0.303 e. The van der Waals surface area contributed by atoms with Crippen LogP contribution in [0.3, 0.4) is 0 Å². The van der Waals surface area contributed by atoms with E-state index in [4.69, 9.17) is 16.7 Å². The molecule has 0 saturated carbocycles. The second-order valence-corrected chi connectivity index (χ2v) is 5.18. The van der Waals surface area contributed by atoms with Crippen LogP contribution in [0.2, 0.25) is 5.02 Å². The molecule has 0 spiro atoms. The van der Waals surface area contributed by atoms with Gasteiger partial charge in [0.05, 0.1) is 5.02 Å². The summed E-state index contributed by atoms with van der Waals surface area (Å²) in [5.74, 6) is -0.393. The Morgan fingerprint density at radius 1 is 1.50 bits per heavy atom. The predicted octanol–water partition coefficient (Wildman–Crippen LogP) is 2.34. The van der Waals surface area contributed by atoms with Crippen LogP contribution in [0.1, 0.15) is 18.4 Å². The van der Waals surface area contributed by atoms with Crippen LogP contribution in [0.4, 0.5) is 0 Å². The Hall–Kier alpha value is -1.26. The molecule has 0 aromatic heterocycles. The SMILES string of the molecule is O=C(O)CC1CCN(Cc2ccc(O)c(Cl)c2)C1. The number of aliphatic carboxylic acids is 1. The molecule has 18 heavy (non-hydrogen) atoms. The predicted molar refractivity (Wildman–Crippen MR) is 68.8 cm³/mol. The summed E-state index contributed by atoms with van der Waals surface area (Å²) in [5, 5.41) is 18.4. The number of aromatic hydroxyl groups is 1. The summed E-state index contributed by atoms with van der Waals surface area (Å²) >= 11 is 5.85. The van der Waals surface area contributed by atoms with Gasteiger partial charge in [-0.2, -0.15) is 0 Å². The van der Waals surface area contributed by atoms with E-state index in [1.54, 1.807) is 12.1 Å². The number of nitrogens with zero attached hydrogens (tertiary/aromatic N) is 1. The molecule has 0 amide bonds. The third kappa shape index (κ3) is 3.37. The number of hydrogen-bond acceptors (Lipinski definition) is 3. The van der Waals surface area contributed by atoms with Crippen molar-refractivity contribution in [3.8, 4) is 5.75 Å². The molecule has 1 atom stereocenters. The van der Waals surface area contributed by atoms with Crippen LogP contribution in [0, 0.1) is 5.92 Å². The van der Waals surface area contributed by atoms with Crippen LogP contribution in [-0.4, -0.2) is 34.2 Å². The molecule has 1 unspecified atom stereocenters. The van der Waals surface area contributed by atoms with Crippen molar-refractivity contribution in [1.29, 1.82) is 0 Å². The minimum atomic E-state index is -0.727. The van der Waals surface area contributed by atoms with Gasteiger partial charge in [-0.3, -0.25) is 9.69 Å². The van der Waals surface area contributed by atoms with Gasteiger partial charge >= 0.3 is 5.97 Å². The maximum Gasteiger partial charge on any atom is 0.303 e. The number of phenolic OH excluding ortho intramolecular Hbond substituents is 1. The highest BCUT2D eigenvalue weighted by molar-refractivity contribution is 6.32. The normalized spacial score (nSPS) is 20.2. The van der Waals surface area contributed by atoms with Gasteiger partial charge in [-0.05, 0) is 36.6 Å². The van der Waals surface area contributed by atoms with Crippen molar-refractivity contribution < 1.29 is 15.0 Å². The summed E-state index contributed by atoms with van der Waals surface area (Å²) in [5.41, 5.74) is 1.04. The zero-order valence-corrected chi connectivity index (χ0v) is 10.7. The second kappa shape index (κ2) is 5.59. The number of likely N-dealkylation sites (tertiary alicyclic amines) is 1. The van der Waals surface area contributed by atoms with Gasteiger partial charge in [0.1, 0.15) is 5.75 Å². The topological polar surface area (TPSA) is 60.8 Å². The number of rotatable bonds is 4. The molecular formula is C13H16ClNO3. The fraction of sp³-hybridized carbons (Fsp3) is 0.462. The molecule has 1 aromatic rings. The molecule has 0 radical (unpaired) electrons. The van der Waals surface area contributed by atoms with Gasteiger partial charge in [0.15, 0.2) is 0 Å². The first-order valence-corrected chi connectivity index (χ1v) is 6.34. The van der Waals surface area contributed by atoms with Crippen LogP contribution in [-0.2, 0) is 11.3 Å². The van der Waals surface area contributed by atoms with E-state index in [9.17, 15) is 9.90 Å². The van der Waals surface area contributed by atoms with E-state index in [-0.39, 0.29) is 18.1 Å². The van der Waals surface area contributed by atoms with Crippen LogP contribution < -0.4 is 0 Å². The molecule has 1 aliphatic heterocycles. The lowest BCUT2D eigenvalue weighted by atomic mass is 10.1. The van der Waals surface area contributed by atoms with Crippen molar-refractivity contribution in [2.45, 2.75) is 19.4 Å². The molecule has 1 aromatic carbocycles. The highest BCUT2D eigenvalue weighted by atomic mass is 35.5. The molecular weight excluding hydrogens is 254 g/mol. The van der Waals surface area contributed by atoms with Crippen LogP contribution in [0.25, 0.3) is 0 Å². The van der Waals surface area contributed by atoms with Crippen molar-refractivity contribution in [1.82, 2.24) is 4.90 Å². The Morgan fingerprint density at radius 3 is 2.94 bits per heavy atom. The molecule has 1 saturated heterocycles. The van der Waals surface area contributed by atoms with Crippen LogP contribution in [0.5, 0.6) is 5.75 Å². The van der Waals surface area contributed by atoms with Gasteiger partial charge in [-0.1, -0.05) is 17.7 Å². The summed E-state index contributed by atoms with van der Waals surface area (Å²) < 4.78 is 0. The minimum absolute atomic E-state index is 0.0885. The first kappa shape index (κ1) is 13.2. The minimum Gasteiger partial charge on any atom is -0.506 e. The Labute approximate surface area is 111 Å². The first-order chi connectivity index (χ1) is 8.54. The van der Waals surface area contributed by atoms with Crippen molar-refractivity contribution >= 4 is 17.6 Å². The van der Waals surface area contributed by atoms with E-state index in [1.165, 1.54) is 0 Å². The summed E-state index contributed by atoms with van der Waals surface area (Å²) in [6.45, 7) is 2.47. The Kier molecular flexibility index (Phi) is 4.09. The van der Waals surface area contributed by atoms with Crippen molar-refractivity contribution in [3.05, 3.63) is 28.8 Å². The summed E-state index contributed by atoms with van der Waals surface area (Å²) in [6, 6.07) is 5.18.